The van der Waals surface area contributed by atoms with Gasteiger partial charge in [0, 0.05) is 23.6 Å². The van der Waals surface area contributed by atoms with E-state index in [4.69, 9.17) is 4.74 Å². The normalized spacial score (nSPS) is 10.8. The summed E-state index contributed by atoms with van der Waals surface area (Å²) in [4.78, 5) is 19.4. The molecule has 2 aromatic heterocycles. The molecule has 6 heteroatoms. The van der Waals surface area contributed by atoms with Crippen LogP contribution in [0, 0.1) is 12.7 Å². The number of aromatic amines is 1. The maximum atomic E-state index is 14.3. The van der Waals surface area contributed by atoms with Gasteiger partial charge in [-0.05, 0) is 54.4 Å². The monoisotopic (exact) mass is 375 g/mol. The van der Waals surface area contributed by atoms with Crippen LogP contribution < -0.4 is 10.1 Å². The molecule has 2 aromatic carbocycles. The lowest BCUT2D eigenvalue weighted by atomic mass is 10.2. The zero-order chi connectivity index (χ0) is 19.5. The molecule has 0 saturated heterocycles. The first-order valence-corrected chi connectivity index (χ1v) is 8.82. The van der Waals surface area contributed by atoms with Gasteiger partial charge in [0.25, 0.3) is 5.91 Å². The summed E-state index contributed by atoms with van der Waals surface area (Å²) < 4.78 is 19.8. The van der Waals surface area contributed by atoms with Gasteiger partial charge in [-0.3, -0.25) is 9.78 Å². The highest BCUT2D eigenvalue weighted by Gasteiger charge is 2.11. The summed E-state index contributed by atoms with van der Waals surface area (Å²) in [5.74, 6) is -0.188. The van der Waals surface area contributed by atoms with Gasteiger partial charge >= 0.3 is 0 Å². The van der Waals surface area contributed by atoms with Gasteiger partial charge in [0.2, 0.25) is 0 Å². The number of rotatable bonds is 5. The van der Waals surface area contributed by atoms with Crippen LogP contribution in [-0.4, -0.2) is 15.9 Å². The van der Waals surface area contributed by atoms with E-state index in [0.717, 1.165) is 16.5 Å². The number of pyridine rings is 1. The fraction of sp³-hybridized carbons (Fsp3) is 0.0909. The van der Waals surface area contributed by atoms with E-state index in [2.05, 4.69) is 15.3 Å². The minimum Gasteiger partial charge on any atom is -0.453 e. The highest BCUT2D eigenvalue weighted by Crippen LogP contribution is 2.24. The van der Waals surface area contributed by atoms with Crippen molar-refractivity contribution in [2.45, 2.75) is 13.5 Å². The zero-order valence-electron chi connectivity index (χ0n) is 15.2. The molecule has 0 atom stereocenters. The summed E-state index contributed by atoms with van der Waals surface area (Å²) in [6.07, 6.45) is 3.12. The van der Waals surface area contributed by atoms with Crippen molar-refractivity contribution in [3.8, 4) is 11.5 Å². The molecule has 0 aliphatic heterocycles. The Kier molecular flexibility index (Phi) is 4.76. The molecule has 0 bridgehead atoms. The Morgan fingerprint density at radius 2 is 2.07 bits per heavy atom. The lowest BCUT2D eigenvalue weighted by Gasteiger charge is -2.09. The predicted octanol–water partition coefficient (Wildman–Crippen LogP) is 4.73. The van der Waals surface area contributed by atoms with Crippen molar-refractivity contribution in [1.29, 1.82) is 0 Å². The Hall–Kier alpha value is -3.67. The fourth-order valence-electron chi connectivity index (χ4n) is 2.91. The van der Waals surface area contributed by atoms with Gasteiger partial charge in [-0.15, -0.1) is 0 Å². The maximum absolute atomic E-state index is 14.3. The van der Waals surface area contributed by atoms with Crippen molar-refractivity contribution in [1.82, 2.24) is 15.3 Å². The molecule has 0 aliphatic carbocycles. The average molecular weight is 375 g/mol. The van der Waals surface area contributed by atoms with Crippen LogP contribution in [0.15, 0.2) is 67.0 Å². The third-order valence-electron chi connectivity index (χ3n) is 4.33. The highest BCUT2D eigenvalue weighted by atomic mass is 19.1. The molecular formula is C22H18FN3O2. The molecule has 2 N–H and O–H groups in total. The highest BCUT2D eigenvalue weighted by molar-refractivity contribution is 5.98. The van der Waals surface area contributed by atoms with Crippen LogP contribution in [0.3, 0.4) is 0 Å². The van der Waals surface area contributed by atoms with Gasteiger partial charge in [-0.2, -0.15) is 0 Å². The summed E-state index contributed by atoms with van der Waals surface area (Å²) in [5.41, 5.74) is 3.13. The topological polar surface area (TPSA) is 67.0 Å². The minimum atomic E-state index is -0.503. The Balaban J connectivity index is 1.42. The molecule has 0 spiro atoms. The van der Waals surface area contributed by atoms with E-state index >= 15 is 0 Å². The summed E-state index contributed by atoms with van der Waals surface area (Å²) in [5, 5.41) is 3.77. The van der Waals surface area contributed by atoms with Crippen LogP contribution in [0.2, 0.25) is 0 Å². The number of carbonyl (C=O) groups is 1. The molecule has 2 heterocycles. The second-order valence-corrected chi connectivity index (χ2v) is 6.51. The van der Waals surface area contributed by atoms with Crippen molar-refractivity contribution in [2.24, 2.45) is 0 Å². The molecule has 4 rings (SSSR count). The summed E-state index contributed by atoms with van der Waals surface area (Å²) in [6.45, 7) is 2.20. The lowest BCUT2D eigenvalue weighted by molar-refractivity contribution is 0.0946. The maximum Gasteiger partial charge on any atom is 0.267 e. The molecule has 140 valence electrons. The number of hydrogen-bond acceptors (Lipinski definition) is 3. The molecule has 28 heavy (non-hydrogen) atoms. The number of H-pyrrole nitrogens is 1. The Labute approximate surface area is 161 Å². The van der Waals surface area contributed by atoms with Gasteiger partial charge in [0.1, 0.15) is 11.4 Å². The number of aromatic nitrogens is 2. The molecule has 5 nitrogen and oxygen atoms in total. The zero-order valence-corrected chi connectivity index (χ0v) is 15.2. The van der Waals surface area contributed by atoms with Gasteiger partial charge in [0.05, 0.1) is 6.20 Å². The van der Waals surface area contributed by atoms with Gasteiger partial charge in [-0.1, -0.05) is 18.2 Å². The number of nitrogens with one attached hydrogen (secondary N) is 2. The first kappa shape index (κ1) is 17.7. The first-order chi connectivity index (χ1) is 13.6. The number of carbonyl (C=O) groups excluding carboxylic acids is 1. The molecule has 0 aliphatic rings. The van der Waals surface area contributed by atoms with Crippen molar-refractivity contribution in [3.63, 3.8) is 0 Å². The van der Waals surface area contributed by atoms with E-state index in [-0.39, 0.29) is 18.2 Å². The Bertz CT molecular complexity index is 1140. The Morgan fingerprint density at radius 1 is 1.18 bits per heavy atom. The van der Waals surface area contributed by atoms with Gasteiger partial charge in [-0.25, -0.2) is 4.39 Å². The van der Waals surface area contributed by atoms with Crippen molar-refractivity contribution < 1.29 is 13.9 Å². The summed E-state index contributed by atoms with van der Waals surface area (Å²) >= 11 is 0. The number of amides is 1. The molecule has 0 saturated carbocycles. The van der Waals surface area contributed by atoms with Crippen LogP contribution in [0.4, 0.5) is 4.39 Å². The number of ether oxygens (including phenoxy) is 1. The van der Waals surface area contributed by atoms with Crippen molar-refractivity contribution >= 4 is 16.8 Å². The number of benzene rings is 2. The van der Waals surface area contributed by atoms with E-state index in [9.17, 15) is 9.18 Å². The molecule has 1 amide bonds. The van der Waals surface area contributed by atoms with Gasteiger partial charge < -0.3 is 15.0 Å². The van der Waals surface area contributed by atoms with E-state index in [0.29, 0.717) is 17.0 Å². The minimum absolute atomic E-state index is 0.106. The number of aryl methyl sites for hydroxylation is 1. The SMILES string of the molecule is Cc1ccc2cc(C(=O)NCc3ccc(Oc4cccnc4)c(F)c3)[nH]c2c1. The fourth-order valence-corrected chi connectivity index (χ4v) is 2.91. The quantitative estimate of drug-likeness (QED) is 0.530. The van der Waals surface area contributed by atoms with E-state index < -0.39 is 5.82 Å². The van der Waals surface area contributed by atoms with Crippen LogP contribution >= 0.6 is 0 Å². The largest absolute Gasteiger partial charge is 0.453 e. The van der Waals surface area contributed by atoms with Crippen LogP contribution in [-0.2, 0) is 6.54 Å². The van der Waals surface area contributed by atoms with Crippen molar-refractivity contribution in [3.05, 3.63) is 89.6 Å². The van der Waals surface area contributed by atoms with Gasteiger partial charge in [0.15, 0.2) is 11.6 Å². The smallest absolute Gasteiger partial charge is 0.267 e. The summed E-state index contributed by atoms with van der Waals surface area (Å²) in [7, 11) is 0. The third-order valence-corrected chi connectivity index (χ3v) is 4.33. The summed E-state index contributed by atoms with van der Waals surface area (Å²) in [6, 6.07) is 15.8. The first-order valence-electron chi connectivity index (χ1n) is 8.82. The standard InChI is InChI=1S/C22H18FN3O2/c1-14-4-6-16-11-20(26-19(16)9-14)22(27)25-12-15-5-7-21(18(23)10-15)28-17-3-2-8-24-13-17/h2-11,13,26H,12H2,1H3,(H,25,27). The molecule has 0 unspecified atom stereocenters. The third kappa shape index (κ3) is 3.86. The Morgan fingerprint density at radius 3 is 2.86 bits per heavy atom. The average Bonchev–Trinajstić information content (AvgIpc) is 3.12. The van der Waals surface area contributed by atoms with Crippen LogP contribution in [0.5, 0.6) is 11.5 Å². The molecule has 0 fully saturated rings. The second-order valence-electron chi connectivity index (χ2n) is 6.51. The van der Waals surface area contributed by atoms with E-state index in [1.165, 1.54) is 18.3 Å². The van der Waals surface area contributed by atoms with E-state index in [1.807, 2.05) is 25.1 Å². The van der Waals surface area contributed by atoms with E-state index in [1.54, 1.807) is 30.5 Å². The number of halogens is 1. The number of hydrogen-bond donors (Lipinski definition) is 2. The molecular weight excluding hydrogens is 357 g/mol. The predicted molar refractivity (Wildman–Crippen MR) is 105 cm³/mol. The van der Waals surface area contributed by atoms with Crippen LogP contribution in [0.1, 0.15) is 21.6 Å². The van der Waals surface area contributed by atoms with Crippen molar-refractivity contribution in [2.75, 3.05) is 0 Å². The lowest BCUT2D eigenvalue weighted by Crippen LogP contribution is -2.23. The number of nitrogens with zero attached hydrogens (tertiary/aromatic N) is 1. The number of fused-ring (bicyclic) bond motifs is 1. The molecule has 4 aromatic rings. The second kappa shape index (κ2) is 7.52. The van der Waals surface area contributed by atoms with Crippen LogP contribution in [0.25, 0.3) is 10.9 Å². The molecule has 0 radical (unpaired) electrons.